The molecule has 0 spiro atoms. The molecule has 1 aromatic rings. The summed E-state index contributed by atoms with van der Waals surface area (Å²) in [5.74, 6) is 0.924. The van der Waals surface area contributed by atoms with Crippen molar-refractivity contribution in [3.8, 4) is 5.75 Å². The normalized spacial score (nSPS) is 18.3. The van der Waals surface area contributed by atoms with Gasteiger partial charge in [-0.1, -0.05) is 12.1 Å². The highest BCUT2D eigenvalue weighted by molar-refractivity contribution is 5.33. The highest BCUT2D eigenvalue weighted by Gasteiger charge is 2.38. The molecule has 0 radical (unpaired) electrons. The zero-order chi connectivity index (χ0) is 10.7. The molecule has 3 nitrogen and oxygen atoms in total. The first-order valence-corrected chi connectivity index (χ1v) is 5.31. The molecule has 3 heteroatoms. The van der Waals surface area contributed by atoms with Crippen molar-refractivity contribution < 1.29 is 9.47 Å². The van der Waals surface area contributed by atoms with Gasteiger partial charge in [-0.15, -0.1) is 0 Å². The summed E-state index contributed by atoms with van der Waals surface area (Å²) in [5, 5.41) is 3.32. The van der Waals surface area contributed by atoms with Crippen LogP contribution in [0.2, 0.25) is 0 Å². The number of hydrogen-bond donors (Lipinski definition) is 1. The van der Waals surface area contributed by atoms with E-state index in [2.05, 4.69) is 17.4 Å². The summed E-state index contributed by atoms with van der Waals surface area (Å²) in [6.45, 7) is 4.19. The molecule has 1 heterocycles. The van der Waals surface area contributed by atoms with Crippen LogP contribution in [0.15, 0.2) is 24.3 Å². The van der Waals surface area contributed by atoms with E-state index in [-0.39, 0.29) is 5.54 Å². The monoisotopic (exact) mass is 207 g/mol. The summed E-state index contributed by atoms with van der Waals surface area (Å²) < 4.78 is 10.7. The van der Waals surface area contributed by atoms with Crippen LogP contribution in [0.5, 0.6) is 5.75 Å². The first kappa shape index (κ1) is 10.5. The Labute approximate surface area is 90.4 Å². The van der Waals surface area contributed by atoms with Gasteiger partial charge in [0.1, 0.15) is 5.75 Å². The SMILES string of the molecule is CCOc1ccc(C2(NC)COC2)cc1. The summed E-state index contributed by atoms with van der Waals surface area (Å²) in [5.41, 5.74) is 1.28. The van der Waals surface area contributed by atoms with Gasteiger partial charge in [0, 0.05) is 0 Å². The molecule has 2 rings (SSSR count). The molecule has 1 fully saturated rings. The maximum atomic E-state index is 5.41. The number of rotatable bonds is 4. The van der Waals surface area contributed by atoms with E-state index in [1.54, 1.807) is 0 Å². The molecule has 0 atom stereocenters. The number of ether oxygens (including phenoxy) is 2. The lowest BCUT2D eigenvalue weighted by atomic mass is 9.88. The van der Waals surface area contributed by atoms with E-state index in [4.69, 9.17) is 9.47 Å². The standard InChI is InChI=1S/C12H17NO2/c1-3-15-11-6-4-10(5-7-11)12(13-2)8-14-9-12/h4-7,13H,3,8-9H2,1-2H3. The second-order valence-corrected chi connectivity index (χ2v) is 3.78. The minimum atomic E-state index is 0.0186. The average Bonchev–Trinajstić information content (AvgIpc) is 2.20. The van der Waals surface area contributed by atoms with Crippen molar-refractivity contribution >= 4 is 0 Å². The van der Waals surface area contributed by atoms with E-state index in [0.717, 1.165) is 19.0 Å². The molecule has 0 unspecified atom stereocenters. The van der Waals surface area contributed by atoms with Crippen LogP contribution >= 0.6 is 0 Å². The highest BCUT2D eigenvalue weighted by Crippen LogP contribution is 2.30. The predicted octanol–water partition coefficient (Wildman–Crippen LogP) is 1.53. The zero-order valence-corrected chi connectivity index (χ0v) is 9.25. The van der Waals surface area contributed by atoms with Crippen LogP contribution in [0.3, 0.4) is 0 Å². The number of nitrogens with one attached hydrogen (secondary N) is 1. The van der Waals surface area contributed by atoms with Crippen LogP contribution in [0.4, 0.5) is 0 Å². The maximum absolute atomic E-state index is 5.41. The van der Waals surface area contributed by atoms with Gasteiger partial charge in [0.05, 0.1) is 25.4 Å². The smallest absolute Gasteiger partial charge is 0.119 e. The van der Waals surface area contributed by atoms with Gasteiger partial charge in [0.25, 0.3) is 0 Å². The molecule has 0 aliphatic carbocycles. The molecule has 1 aromatic carbocycles. The van der Waals surface area contributed by atoms with Crippen LogP contribution in [-0.4, -0.2) is 26.9 Å². The Kier molecular flexibility index (Phi) is 2.93. The van der Waals surface area contributed by atoms with E-state index in [0.29, 0.717) is 6.61 Å². The molecule has 0 aromatic heterocycles. The van der Waals surface area contributed by atoms with E-state index < -0.39 is 0 Å². The Morgan fingerprint density at radius 1 is 1.33 bits per heavy atom. The summed E-state index contributed by atoms with van der Waals surface area (Å²) in [7, 11) is 1.97. The van der Waals surface area contributed by atoms with Crippen LogP contribution in [0.25, 0.3) is 0 Å². The van der Waals surface area contributed by atoms with Crippen LogP contribution in [0.1, 0.15) is 12.5 Å². The zero-order valence-electron chi connectivity index (χ0n) is 9.25. The average molecular weight is 207 g/mol. The fourth-order valence-electron chi connectivity index (χ4n) is 1.80. The molecule has 0 amide bonds. The van der Waals surface area contributed by atoms with Crippen molar-refractivity contribution in [2.75, 3.05) is 26.9 Å². The van der Waals surface area contributed by atoms with E-state index in [9.17, 15) is 0 Å². The van der Waals surface area contributed by atoms with Gasteiger partial charge in [0.15, 0.2) is 0 Å². The minimum Gasteiger partial charge on any atom is -0.494 e. The Morgan fingerprint density at radius 3 is 2.40 bits per heavy atom. The van der Waals surface area contributed by atoms with Gasteiger partial charge in [-0.3, -0.25) is 0 Å². The summed E-state index contributed by atoms with van der Waals surface area (Å²) >= 11 is 0. The van der Waals surface area contributed by atoms with Gasteiger partial charge in [0.2, 0.25) is 0 Å². The third-order valence-corrected chi connectivity index (χ3v) is 2.89. The molecule has 0 saturated carbocycles. The first-order valence-electron chi connectivity index (χ1n) is 5.31. The summed E-state index contributed by atoms with van der Waals surface area (Å²) in [4.78, 5) is 0. The molecule has 1 saturated heterocycles. The van der Waals surface area contributed by atoms with Crippen molar-refractivity contribution in [1.29, 1.82) is 0 Å². The third-order valence-electron chi connectivity index (χ3n) is 2.89. The van der Waals surface area contributed by atoms with Crippen molar-refractivity contribution in [3.05, 3.63) is 29.8 Å². The molecule has 82 valence electrons. The van der Waals surface area contributed by atoms with Gasteiger partial charge in [-0.2, -0.15) is 0 Å². The molecule has 15 heavy (non-hydrogen) atoms. The van der Waals surface area contributed by atoms with E-state index >= 15 is 0 Å². The Morgan fingerprint density at radius 2 is 2.00 bits per heavy atom. The van der Waals surface area contributed by atoms with Crippen LogP contribution < -0.4 is 10.1 Å². The van der Waals surface area contributed by atoms with Crippen molar-refractivity contribution in [2.45, 2.75) is 12.5 Å². The van der Waals surface area contributed by atoms with Crippen molar-refractivity contribution in [1.82, 2.24) is 5.32 Å². The fourth-order valence-corrected chi connectivity index (χ4v) is 1.80. The molecule has 1 aliphatic rings. The van der Waals surface area contributed by atoms with Gasteiger partial charge >= 0.3 is 0 Å². The Bertz CT molecular complexity index is 311. The molecular formula is C12H17NO2. The molecular weight excluding hydrogens is 190 g/mol. The predicted molar refractivity (Wildman–Crippen MR) is 59.2 cm³/mol. The lowest BCUT2D eigenvalue weighted by Crippen LogP contribution is -2.56. The van der Waals surface area contributed by atoms with Crippen molar-refractivity contribution in [3.63, 3.8) is 0 Å². The second-order valence-electron chi connectivity index (χ2n) is 3.78. The number of benzene rings is 1. The Hall–Kier alpha value is -1.06. The highest BCUT2D eigenvalue weighted by atomic mass is 16.5. The largest absolute Gasteiger partial charge is 0.494 e. The third kappa shape index (κ3) is 1.85. The molecule has 1 N–H and O–H groups in total. The summed E-state index contributed by atoms with van der Waals surface area (Å²) in [6, 6.07) is 8.22. The fraction of sp³-hybridized carbons (Fsp3) is 0.500. The maximum Gasteiger partial charge on any atom is 0.119 e. The topological polar surface area (TPSA) is 30.5 Å². The van der Waals surface area contributed by atoms with Gasteiger partial charge in [-0.25, -0.2) is 0 Å². The quantitative estimate of drug-likeness (QED) is 0.812. The number of hydrogen-bond acceptors (Lipinski definition) is 3. The summed E-state index contributed by atoms with van der Waals surface area (Å²) in [6.07, 6.45) is 0. The van der Waals surface area contributed by atoms with Crippen LogP contribution in [-0.2, 0) is 10.3 Å². The molecule has 1 aliphatic heterocycles. The lowest BCUT2D eigenvalue weighted by molar-refractivity contribution is -0.0748. The number of likely N-dealkylation sites (N-methyl/N-ethyl adjacent to an activating group) is 1. The van der Waals surface area contributed by atoms with Crippen molar-refractivity contribution in [2.24, 2.45) is 0 Å². The Balaban J connectivity index is 2.15. The second kappa shape index (κ2) is 4.21. The van der Waals surface area contributed by atoms with E-state index in [1.165, 1.54) is 5.56 Å². The lowest BCUT2D eigenvalue weighted by Gasteiger charge is -2.41. The van der Waals surface area contributed by atoms with Gasteiger partial charge in [-0.05, 0) is 31.7 Å². The van der Waals surface area contributed by atoms with Crippen LogP contribution in [0, 0.1) is 0 Å². The minimum absolute atomic E-state index is 0.0186. The first-order chi connectivity index (χ1) is 7.30. The van der Waals surface area contributed by atoms with Gasteiger partial charge < -0.3 is 14.8 Å². The van der Waals surface area contributed by atoms with E-state index in [1.807, 2.05) is 26.1 Å². The molecule has 0 bridgehead atoms.